The third-order valence-electron chi connectivity index (χ3n) is 3.10. The Labute approximate surface area is 71.8 Å². The van der Waals surface area contributed by atoms with Crippen molar-refractivity contribution in [3.63, 3.8) is 0 Å². The Morgan fingerprint density at radius 1 is 1.75 bits per heavy atom. The molecule has 1 N–H and O–H groups in total. The molecule has 0 radical (unpaired) electrons. The van der Waals surface area contributed by atoms with Crippen molar-refractivity contribution < 1.29 is 14.7 Å². The zero-order chi connectivity index (χ0) is 9.35. The summed E-state index contributed by atoms with van der Waals surface area (Å²) in [6.45, 7) is 3.64. The van der Waals surface area contributed by atoms with Crippen LogP contribution in [0.2, 0.25) is 0 Å². The minimum Gasteiger partial charge on any atom is -0.481 e. The number of carbonyl (C=O) groups is 2. The van der Waals surface area contributed by atoms with E-state index in [-0.39, 0.29) is 5.78 Å². The van der Waals surface area contributed by atoms with Gasteiger partial charge in [0.25, 0.3) is 0 Å². The van der Waals surface area contributed by atoms with E-state index in [0.717, 1.165) is 0 Å². The molecular weight excluding hydrogens is 156 g/mol. The molecule has 68 valence electrons. The highest BCUT2D eigenvalue weighted by atomic mass is 16.4. The summed E-state index contributed by atoms with van der Waals surface area (Å²) in [4.78, 5) is 22.1. The lowest BCUT2D eigenvalue weighted by atomic mass is 9.77. The zero-order valence-electron chi connectivity index (χ0n) is 7.46. The molecule has 1 saturated carbocycles. The fourth-order valence-electron chi connectivity index (χ4n) is 1.91. The van der Waals surface area contributed by atoms with Crippen LogP contribution < -0.4 is 0 Å². The van der Waals surface area contributed by atoms with Crippen molar-refractivity contribution in [1.82, 2.24) is 0 Å². The van der Waals surface area contributed by atoms with Gasteiger partial charge in [-0.3, -0.25) is 9.59 Å². The van der Waals surface area contributed by atoms with Crippen molar-refractivity contribution in [3.8, 4) is 0 Å². The molecule has 0 spiro atoms. The van der Waals surface area contributed by atoms with Crippen molar-refractivity contribution >= 4 is 11.8 Å². The SMILES string of the molecule is CCC1(C)C(=O)CCC1C(=O)O. The van der Waals surface area contributed by atoms with Gasteiger partial charge in [0.15, 0.2) is 0 Å². The Bertz CT molecular complexity index is 222. The third-order valence-corrected chi connectivity index (χ3v) is 3.10. The molecule has 0 aliphatic heterocycles. The average molecular weight is 170 g/mol. The van der Waals surface area contributed by atoms with Crippen LogP contribution in [0.5, 0.6) is 0 Å². The Morgan fingerprint density at radius 3 is 2.67 bits per heavy atom. The van der Waals surface area contributed by atoms with E-state index in [1.165, 1.54) is 0 Å². The van der Waals surface area contributed by atoms with Crippen LogP contribution in [0.3, 0.4) is 0 Å². The first-order valence-electron chi connectivity index (χ1n) is 4.28. The molecule has 0 amide bonds. The number of ketones is 1. The van der Waals surface area contributed by atoms with Gasteiger partial charge < -0.3 is 5.11 Å². The van der Waals surface area contributed by atoms with Crippen LogP contribution in [0.25, 0.3) is 0 Å². The monoisotopic (exact) mass is 170 g/mol. The summed E-state index contributed by atoms with van der Waals surface area (Å²) >= 11 is 0. The molecule has 0 heterocycles. The lowest BCUT2D eigenvalue weighted by Crippen LogP contribution is -2.32. The largest absolute Gasteiger partial charge is 0.481 e. The Kier molecular flexibility index (Phi) is 2.22. The number of hydrogen-bond donors (Lipinski definition) is 1. The van der Waals surface area contributed by atoms with Gasteiger partial charge in [0.05, 0.1) is 5.92 Å². The quantitative estimate of drug-likeness (QED) is 0.682. The smallest absolute Gasteiger partial charge is 0.307 e. The van der Waals surface area contributed by atoms with Crippen LogP contribution in [0.4, 0.5) is 0 Å². The molecule has 12 heavy (non-hydrogen) atoms. The summed E-state index contributed by atoms with van der Waals surface area (Å²) in [7, 11) is 0. The lowest BCUT2D eigenvalue weighted by molar-refractivity contribution is -0.148. The van der Waals surface area contributed by atoms with E-state index < -0.39 is 17.3 Å². The Balaban J connectivity index is 2.91. The predicted molar refractivity (Wildman–Crippen MR) is 43.8 cm³/mol. The number of rotatable bonds is 2. The molecule has 2 unspecified atom stereocenters. The first-order chi connectivity index (χ1) is 5.52. The third kappa shape index (κ3) is 1.13. The van der Waals surface area contributed by atoms with E-state index in [4.69, 9.17) is 5.11 Å². The van der Waals surface area contributed by atoms with Gasteiger partial charge >= 0.3 is 5.97 Å². The lowest BCUT2D eigenvalue weighted by Gasteiger charge is -2.25. The van der Waals surface area contributed by atoms with Gasteiger partial charge in [-0.2, -0.15) is 0 Å². The van der Waals surface area contributed by atoms with E-state index in [9.17, 15) is 9.59 Å². The van der Waals surface area contributed by atoms with E-state index >= 15 is 0 Å². The zero-order valence-corrected chi connectivity index (χ0v) is 7.46. The van der Waals surface area contributed by atoms with Crippen LogP contribution in [0, 0.1) is 11.3 Å². The number of carbonyl (C=O) groups excluding carboxylic acids is 1. The van der Waals surface area contributed by atoms with Crippen molar-refractivity contribution in [2.24, 2.45) is 11.3 Å². The summed E-state index contributed by atoms with van der Waals surface area (Å²) in [5, 5.41) is 8.85. The van der Waals surface area contributed by atoms with Gasteiger partial charge in [0.2, 0.25) is 0 Å². The second kappa shape index (κ2) is 2.88. The van der Waals surface area contributed by atoms with Gasteiger partial charge in [-0.1, -0.05) is 13.8 Å². The molecule has 2 atom stereocenters. The molecule has 3 heteroatoms. The molecule has 1 aliphatic carbocycles. The minimum absolute atomic E-state index is 0.109. The minimum atomic E-state index is -0.829. The molecule has 0 saturated heterocycles. The average Bonchev–Trinajstić information content (AvgIpc) is 2.30. The Morgan fingerprint density at radius 2 is 2.33 bits per heavy atom. The van der Waals surface area contributed by atoms with Gasteiger partial charge in [-0.05, 0) is 12.8 Å². The van der Waals surface area contributed by atoms with Crippen molar-refractivity contribution in [1.29, 1.82) is 0 Å². The van der Waals surface area contributed by atoms with Crippen molar-refractivity contribution in [2.75, 3.05) is 0 Å². The molecule has 1 aliphatic rings. The Hall–Kier alpha value is -0.860. The summed E-state index contributed by atoms with van der Waals surface area (Å²) in [5.74, 6) is -1.18. The summed E-state index contributed by atoms with van der Waals surface area (Å²) in [5.41, 5.74) is -0.605. The van der Waals surface area contributed by atoms with Crippen molar-refractivity contribution in [3.05, 3.63) is 0 Å². The van der Waals surface area contributed by atoms with Gasteiger partial charge in [-0.15, -0.1) is 0 Å². The molecule has 0 aromatic carbocycles. The number of carboxylic acids is 1. The topological polar surface area (TPSA) is 54.4 Å². The maximum Gasteiger partial charge on any atom is 0.307 e. The number of carboxylic acid groups (broad SMARTS) is 1. The van der Waals surface area contributed by atoms with E-state index in [2.05, 4.69) is 0 Å². The highest BCUT2D eigenvalue weighted by molar-refractivity contribution is 5.92. The normalized spacial score (nSPS) is 35.5. The first kappa shape index (κ1) is 9.23. The summed E-state index contributed by atoms with van der Waals surface area (Å²) in [6.07, 6.45) is 1.57. The molecule has 1 rings (SSSR count). The molecule has 0 bridgehead atoms. The fraction of sp³-hybridized carbons (Fsp3) is 0.778. The van der Waals surface area contributed by atoms with Crippen LogP contribution in [-0.4, -0.2) is 16.9 Å². The van der Waals surface area contributed by atoms with E-state index in [1.807, 2.05) is 6.92 Å². The molecule has 0 aromatic rings. The summed E-state index contributed by atoms with van der Waals surface area (Å²) in [6, 6.07) is 0. The van der Waals surface area contributed by atoms with E-state index in [0.29, 0.717) is 19.3 Å². The highest BCUT2D eigenvalue weighted by Crippen LogP contribution is 2.42. The number of aliphatic carboxylic acids is 1. The molecule has 1 fully saturated rings. The first-order valence-corrected chi connectivity index (χ1v) is 4.28. The number of Topliss-reactive ketones (excluding diaryl/α,β-unsaturated/α-hetero) is 1. The summed E-state index contributed by atoms with van der Waals surface area (Å²) < 4.78 is 0. The maximum absolute atomic E-state index is 11.4. The fourth-order valence-corrected chi connectivity index (χ4v) is 1.91. The maximum atomic E-state index is 11.4. The van der Waals surface area contributed by atoms with Crippen molar-refractivity contribution in [2.45, 2.75) is 33.1 Å². The van der Waals surface area contributed by atoms with E-state index in [1.54, 1.807) is 6.92 Å². The van der Waals surface area contributed by atoms with Gasteiger partial charge in [0, 0.05) is 11.8 Å². The van der Waals surface area contributed by atoms with Gasteiger partial charge in [-0.25, -0.2) is 0 Å². The van der Waals surface area contributed by atoms with Crippen LogP contribution in [0.1, 0.15) is 33.1 Å². The molecular formula is C9H14O3. The van der Waals surface area contributed by atoms with Gasteiger partial charge in [0.1, 0.15) is 5.78 Å². The molecule has 0 aromatic heterocycles. The molecule has 3 nitrogen and oxygen atoms in total. The highest BCUT2D eigenvalue weighted by Gasteiger charge is 2.48. The standard InChI is InChI=1S/C9H14O3/c1-3-9(2)6(8(11)12)4-5-7(9)10/h6H,3-5H2,1-2H3,(H,11,12). The van der Waals surface area contributed by atoms with Crippen LogP contribution in [-0.2, 0) is 9.59 Å². The predicted octanol–water partition coefficient (Wildman–Crippen LogP) is 1.47. The van der Waals surface area contributed by atoms with Crippen LogP contribution in [0.15, 0.2) is 0 Å². The van der Waals surface area contributed by atoms with Crippen LogP contribution >= 0.6 is 0 Å². The second-order valence-electron chi connectivity index (χ2n) is 3.62. The second-order valence-corrected chi connectivity index (χ2v) is 3.62. The number of hydrogen-bond acceptors (Lipinski definition) is 2.